The first kappa shape index (κ1) is 10.5. The molecule has 1 aliphatic rings. The summed E-state index contributed by atoms with van der Waals surface area (Å²) in [5, 5.41) is 0.661. The van der Waals surface area contributed by atoms with Crippen molar-refractivity contribution in [1.29, 1.82) is 0 Å². The van der Waals surface area contributed by atoms with E-state index in [1.54, 1.807) is 24.1 Å². The van der Waals surface area contributed by atoms with E-state index in [0.29, 0.717) is 5.02 Å². The quantitative estimate of drug-likeness (QED) is 0.833. The van der Waals surface area contributed by atoms with Crippen molar-refractivity contribution in [2.45, 2.75) is 18.4 Å². The van der Waals surface area contributed by atoms with Gasteiger partial charge in [0.05, 0.1) is 5.54 Å². The summed E-state index contributed by atoms with van der Waals surface area (Å²) in [6, 6.07) is 7.14. The van der Waals surface area contributed by atoms with Gasteiger partial charge in [0.1, 0.15) is 0 Å². The third-order valence-electron chi connectivity index (χ3n) is 2.73. The molecule has 0 unspecified atom stereocenters. The number of carbonyl (C=O) groups is 1. The van der Waals surface area contributed by atoms with Crippen molar-refractivity contribution in [3.05, 3.63) is 29.3 Å². The van der Waals surface area contributed by atoms with Crippen LogP contribution in [0.25, 0.3) is 0 Å². The summed E-state index contributed by atoms with van der Waals surface area (Å²) < 4.78 is 0. The van der Waals surface area contributed by atoms with Gasteiger partial charge in [-0.25, -0.2) is 0 Å². The molecule has 1 aromatic carbocycles. The number of hydrogen-bond donors (Lipinski definition) is 1. The van der Waals surface area contributed by atoms with E-state index in [9.17, 15) is 4.79 Å². The number of anilines is 1. The molecular weight excluding hydrogens is 212 g/mol. The number of hydrogen-bond acceptors (Lipinski definition) is 2. The van der Waals surface area contributed by atoms with Crippen molar-refractivity contribution in [2.75, 3.05) is 11.9 Å². The van der Waals surface area contributed by atoms with E-state index in [4.69, 9.17) is 17.3 Å². The zero-order valence-electron chi connectivity index (χ0n) is 8.53. The van der Waals surface area contributed by atoms with Crippen LogP contribution in [0, 0.1) is 0 Å². The number of carbonyl (C=O) groups excluding carboxylic acids is 1. The van der Waals surface area contributed by atoms with Gasteiger partial charge in [-0.3, -0.25) is 4.79 Å². The van der Waals surface area contributed by atoms with Gasteiger partial charge in [-0.1, -0.05) is 11.6 Å². The molecule has 0 saturated heterocycles. The largest absolute Gasteiger partial charge is 0.317 e. The zero-order chi connectivity index (χ0) is 11.1. The molecular formula is C11H13ClN2O. The molecule has 1 aromatic rings. The van der Waals surface area contributed by atoms with Crippen LogP contribution in [0.3, 0.4) is 0 Å². The van der Waals surface area contributed by atoms with Gasteiger partial charge in [0.15, 0.2) is 0 Å². The summed E-state index contributed by atoms with van der Waals surface area (Å²) in [5.74, 6) is -0.0233. The molecule has 1 aliphatic carbocycles. The summed E-state index contributed by atoms with van der Waals surface area (Å²) >= 11 is 5.77. The number of nitrogens with zero attached hydrogens (tertiary/aromatic N) is 1. The fourth-order valence-electron chi connectivity index (χ4n) is 1.46. The summed E-state index contributed by atoms with van der Waals surface area (Å²) in [6.45, 7) is 0. The van der Waals surface area contributed by atoms with Gasteiger partial charge >= 0.3 is 0 Å². The van der Waals surface area contributed by atoms with Crippen molar-refractivity contribution in [2.24, 2.45) is 5.73 Å². The Morgan fingerprint density at radius 3 is 2.40 bits per heavy atom. The average Bonchev–Trinajstić information content (AvgIpc) is 2.97. The third-order valence-corrected chi connectivity index (χ3v) is 2.99. The summed E-state index contributed by atoms with van der Waals surface area (Å²) in [6.07, 6.45) is 1.56. The average molecular weight is 225 g/mol. The second-order valence-electron chi connectivity index (χ2n) is 4.00. The predicted molar refractivity (Wildman–Crippen MR) is 61.0 cm³/mol. The molecule has 15 heavy (non-hydrogen) atoms. The van der Waals surface area contributed by atoms with Crippen LogP contribution in [0.1, 0.15) is 12.8 Å². The first-order chi connectivity index (χ1) is 7.03. The summed E-state index contributed by atoms with van der Waals surface area (Å²) in [4.78, 5) is 13.5. The Bertz CT molecular complexity index is 384. The van der Waals surface area contributed by atoms with E-state index < -0.39 is 5.54 Å². The maximum atomic E-state index is 11.9. The summed E-state index contributed by atoms with van der Waals surface area (Å²) in [5.41, 5.74) is 6.04. The highest BCUT2D eigenvalue weighted by Crippen LogP contribution is 2.35. The number of halogens is 1. The Balaban J connectivity index is 2.17. The molecule has 0 spiro atoms. The zero-order valence-corrected chi connectivity index (χ0v) is 9.29. The van der Waals surface area contributed by atoms with E-state index in [0.717, 1.165) is 18.5 Å². The number of likely N-dealkylation sites (N-methyl/N-ethyl adjacent to an activating group) is 1. The fraction of sp³-hybridized carbons (Fsp3) is 0.364. The highest BCUT2D eigenvalue weighted by molar-refractivity contribution is 6.30. The highest BCUT2D eigenvalue weighted by Gasteiger charge is 2.47. The molecule has 1 fully saturated rings. The lowest BCUT2D eigenvalue weighted by atomic mass is 10.2. The van der Waals surface area contributed by atoms with Gasteiger partial charge in [0.2, 0.25) is 5.91 Å². The molecule has 1 saturated carbocycles. The number of amides is 1. The molecule has 1 amide bonds. The first-order valence-electron chi connectivity index (χ1n) is 4.85. The molecule has 0 heterocycles. The lowest BCUT2D eigenvalue weighted by Crippen LogP contribution is -2.43. The Morgan fingerprint density at radius 1 is 1.40 bits per heavy atom. The molecule has 2 rings (SSSR count). The second-order valence-corrected chi connectivity index (χ2v) is 4.43. The van der Waals surface area contributed by atoms with Gasteiger partial charge in [-0.05, 0) is 37.1 Å². The second kappa shape index (κ2) is 3.51. The van der Waals surface area contributed by atoms with E-state index in [-0.39, 0.29) is 5.91 Å². The van der Waals surface area contributed by atoms with Crippen molar-refractivity contribution in [1.82, 2.24) is 0 Å². The van der Waals surface area contributed by atoms with Crippen LogP contribution in [0.5, 0.6) is 0 Å². The normalized spacial score (nSPS) is 17.3. The standard InChI is InChI=1S/C11H13ClN2O/c1-14(10(15)11(13)6-7-11)9-4-2-8(12)3-5-9/h2-5H,6-7,13H2,1H3. The van der Waals surface area contributed by atoms with Gasteiger partial charge in [-0.2, -0.15) is 0 Å². The first-order valence-corrected chi connectivity index (χ1v) is 5.23. The molecule has 0 radical (unpaired) electrons. The predicted octanol–water partition coefficient (Wildman–Crippen LogP) is 1.79. The smallest absolute Gasteiger partial charge is 0.246 e. The van der Waals surface area contributed by atoms with Gasteiger partial charge in [-0.15, -0.1) is 0 Å². The lowest BCUT2D eigenvalue weighted by Gasteiger charge is -2.20. The Morgan fingerprint density at radius 2 is 1.93 bits per heavy atom. The molecule has 2 N–H and O–H groups in total. The minimum absolute atomic E-state index is 0.0233. The topological polar surface area (TPSA) is 46.3 Å². The minimum atomic E-state index is -0.617. The molecule has 4 heteroatoms. The molecule has 0 atom stereocenters. The van der Waals surface area contributed by atoms with Gasteiger partial charge in [0.25, 0.3) is 0 Å². The van der Waals surface area contributed by atoms with Crippen molar-refractivity contribution in [3.8, 4) is 0 Å². The van der Waals surface area contributed by atoms with Crippen LogP contribution in [0.4, 0.5) is 5.69 Å². The Kier molecular flexibility index (Phi) is 2.44. The maximum absolute atomic E-state index is 11.9. The Labute approximate surface area is 93.8 Å². The highest BCUT2D eigenvalue weighted by atomic mass is 35.5. The van der Waals surface area contributed by atoms with Crippen molar-refractivity contribution < 1.29 is 4.79 Å². The van der Waals surface area contributed by atoms with Crippen molar-refractivity contribution >= 4 is 23.2 Å². The van der Waals surface area contributed by atoms with Crippen LogP contribution >= 0.6 is 11.6 Å². The summed E-state index contributed by atoms with van der Waals surface area (Å²) in [7, 11) is 1.73. The van der Waals surface area contributed by atoms with Crippen LogP contribution in [0.15, 0.2) is 24.3 Å². The molecule has 0 aliphatic heterocycles. The van der Waals surface area contributed by atoms with Crippen molar-refractivity contribution in [3.63, 3.8) is 0 Å². The van der Waals surface area contributed by atoms with Crippen LogP contribution < -0.4 is 10.6 Å². The van der Waals surface area contributed by atoms with E-state index >= 15 is 0 Å². The SMILES string of the molecule is CN(C(=O)C1(N)CC1)c1ccc(Cl)cc1. The van der Waals surface area contributed by atoms with Gasteiger partial charge in [0, 0.05) is 17.8 Å². The van der Waals surface area contributed by atoms with E-state index in [1.165, 1.54) is 0 Å². The van der Waals surface area contributed by atoms with Crippen LogP contribution in [-0.2, 0) is 4.79 Å². The van der Waals surface area contributed by atoms with E-state index in [2.05, 4.69) is 0 Å². The lowest BCUT2D eigenvalue weighted by molar-refractivity contribution is -0.120. The number of nitrogens with two attached hydrogens (primary N) is 1. The van der Waals surface area contributed by atoms with Crippen LogP contribution in [-0.4, -0.2) is 18.5 Å². The maximum Gasteiger partial charge on any atom is 0.246 e. The monoisotopic (exact) mass is 224 g/mol. The fourth-order valence-corrected chi connectivity index (χ4v) is 1.59. The third kappa shape index (κ3) is 1.98. The van der Waals surface area contributed by atoms with Gasteiger partial charge < -0.3 is 10.6 Å². The molecule has 3 nitrogen and oxygen atoms in total. The number of benzene rings is 1. The Hall–Kier alpha value is -1.06. The molecule has 0 bridgehead atoms. The number of rotatable bonds is 2. The van der Waals surface area contributed by atoms with E-state index in [1.807, 2.05) is 12.1 Å². The van der Waals surface area contributed by atoms with Crippen LogP contribution in [0.2, 0.25) is 5.02 Å². The minimum Gasteiger partial charge on any atom is -0.317 e. The molecule has 80 valence electrons. The molecule has 0 aromatic heterocycles.